The number of hydrogen-bond acceptors (Lipinski definition) is 3. The van der Waals surface area contributed by atoms with Gasteiger partial charge in [0.15, 0.2) is 11.5 Å². The molecule has 7 heteroatoms. The molecule has 1 N–H and O–H groups in total. The smallest absolute Gasteiger partial charge is 0.287 e. The van der Waals surface area contributed by atoms with Crippen LogP contribution in [0.2, 0.25) is 0 Å². The van der Waals surface area contributed by atoms with E-state index < -0.39 is 0 Å². The minimum atomic E-state index is -0.387. The third kappa shape index (κ3) is 4.64. The number of nitrogens with zero attached hydrogens (tertiary/aromatic N) is 2. The lowest BCUT2D eigenvalue weighted by Crippen LogP contribution is -2.22. The number of imidazole rings is 1. The summed E-state index contributed by atoms with van der Waals surface area (Å²) in [6, 6.07) is 16.0. The summed E-state index contributed by atoms with van der Waals surface area (Å²) in [6.07, 6.45) is 7.44. The summed E-state index contributed by atoms with van der Waals surface area (Å²) in [5.74, 6) is -0.364. The zero-order valence-corrected chi connectivity index (χ0v) is 18.6. The number of aromatic nitrogens is 2. The van der Waals surface area contributed by atoms with Gasteiger partial charge in [-0.05, 0) is 66.9 Å². The first-order chi connectivity index (χ1) is 16.6. The highest BCUT2D eigenvalue weighted by atomic mass is 19.1. The Bertz CT molecular complexity index is 1290. The average Bonchev–Trinajstić information content (AvgIpc) is 3.51. The molecular formula is C27H25F2N3O2. The van der Waals surface area contributed by atoms with E-state index in [2.05, 4.69) is 14.9 Å². The van der Waals surface area contributed by atoms with Crippen LogP contribution < -0.4 is 5.32 Å². The number of carbonyl (C=O) groups excluding carboxylic acids is 1. The van der Waals surface area contributed by atoms with Crippen molar-refractivity contribution >= 4 is 5.91 Å². The molecule has 2 aromatic carbocycles. The Morgan fingerprint density at radius 3 is 2.56 bits per heavy atom. The first-order valence-corrected chi connectivity index (χ1v) is 11.5. The summed E-state index contributed by atoms with van der Waals surface area (Å²) in [4.78, 5) is 17.4. The van der Waals surface area contributed by atoms with E-state index in [1.54, 1.807) is 36.4 Å². The largest absolute Gasteiger partial charge is 0.449 e. The SMILES string of the molecule is O=C(NCc1cccc(F)c1)c1ccc(-c2c(-c3ccc(F)cc3)ncn2C2CCCCC2)o1. The summed E-state index contributed by atoms with van der Waals surface area (Å²) in [5, 5.41) is 2.77. The Balaban J connectivity index is 1.44. The van der Waals surface area contributed by atoms with Crippen LogP contribution in [0, 0.1) is 11.6 Å². The number of rotatable bonds is 6. The van der Waals surface area contributed by atoms with E-state index in [1.165, 1.54) is 30.7 Å². The first kappa shape index (κ1) is 22.1. The highest BCUT2D eigenvalue weighted by molar-refractivity contribution is 5.92. The third-order valence-corrected chi connectivity index (χ3v) is 6.28. The molecule has 1 aliphatic carbocycles. The van der Waals surface area contributed by atoms with Gasteiger partial charge in [0.2, 0.25) is 0 Å². The van der Waals surface area contributed by atoms with Gasteiger partial charge in [0.1, 0.15) is 17.3 Å². The van der Waals surface area contributed by atoms with Gasteiger partial charge in [-0.15, -0.1) is 0 Å². The summed E-state index contributed by atoms with van der Waals surface area (Å²) in [5.41, 5.74) is 2.91. The van der Waals surface area contributed by atoms with E-state index in [4.69, 9.17) is 4.42 Å². The third-order valence-electron chi connectivity index (χ3n) is 6.28. The fraction of sp³-hybridized carbons (Fsp3) is 0.259. The van der Waals surface area contributed by atoms with Gasteiger partial charge >= 0.3 is 0 Å². The number of hydrogen-bond donors (Lipinski definition) is 1. The zero-order chi connectivity index (χ0) is 23.5. The molecular weight excluding hydrogens is 436 g/mol. The minimum absolute atomic E-state index is 0.160. The van der Waals surface area contributed by atoms with Gasteiger partial charge in [0, 0.05) is 18.2 Å². The Labute approximate surface area is 196 Å². The second-order valence-electron chi connectivity index (χ2n) is 8.62. The van der Waals surface area contributed by atoms with Gasteiger partial charge in [-0.3, -0.25) is 4.79 Å². The molecule has 4 aromatic rings. The van der Waals surface area contributed by atoms with Crippen molar-refractivity contribution in [1.29, 1.82) is 0 Å². The van der Waals surface area contributed by atoms with Crippen molar-refractivity contribution in [3.8, 4) is 22.7 Å². The van der Waals surface area contributed by atoms with Gasteiger partial charge in [0.25, 0.3) is 5.91 Å². The van der Waals surface area contributed by atoms with Crippen molar-refractivity contribution in [1.82, 2.24) is 14.9 Å². The fourth-order valence-electron chi connectivity index (χ4n) is 4.56. The maximum absolute atomic E-state index is 13.5. The molecule has 1 aliphatic rings. The Morgan fingerprint density at radius 2 is 1.79 bits per heavy atom. The van der Waals surface area contributed by atoms with Crippen LogP contribution in [0.25, 0.3) is 22.7 Å². The van der Waals surface area contributed by atoms with Crippen LogP contribution in [0.15, 0.2) is 71.4 Å². The molecule has 0 aliphatic heterocycles. The Kier molecular flexibility index (Phi) is 6.25. The molecule has 0 unspecified atom stereocenters. The molecule has 0 spiro atoms. The van der Waals surface area contributed by atoms with Crippen molar-refractivity contribution in [2.75, 3.05) is 0 Å². The maximum atomic E-state index is 13.5. The van der Waals surface area contributed by atoms with E-state index >= 15 is 0 Å². The monoisotopic (exact) mass is 461 g/mol. The summed E-state index contributed by atoms with van der Waals surface area (Å²) in [6.45, 7) is 0.188. The zero-order valence-electron chi connectivity index (χ0n) is 18.6. The number of amides is 1. The van der Waals surface area contributed by atoms with Crippen LogP contribution in [-0.4, -0.2) is 15.5 Å². The second kappa shape index (κ2) is 9.63. The quantitative estimate of drug-likeness (QED) is 0.355. The van der Waals surface area contributed by atoms with Gasteiger partial charge in [-0.2, -0.15) is 0 Å². The number of halogens is 2. The Morgan fingerprint density at radius 1 is 1.00 bits per heavy atom. The van der Waals surface area contributed by atoms with E-state index in [1.807, 2.05) is 6.33 Å². The predicted octanol–water partition coefficient (Wildman–Crippen LogP) is 6.52. The van der Waals surface area contributed by atoms with E-state index in [-0.39, 0.29) is 29.8 Å². The standard InChI is InChI=1S/C27H25F2N3O2/c28-20-11-9-19(10-12-20)25-26(32(17-31-25)22-7-2-1-3-8-22)23-13-14-24(34-23)27(33)30-16-18-5-4-6-21(29)15-18/h4-6,9-15,17,22H,1-3,7-8,16H2,(H,30,33). The van der Waals surface area contributed by atoms with Crippen LogP contribution in [0.1, 0.15) is 54.3 Å². The van der Waals surface area contributed by atoms with Crippen LogP contribution in [0.5, 0.6) is 0 Å². The molecule has 0 radical (unpaired) electrons. The van der Waals surface area contributed by atoms with Crippen LogP contribution in [0.4, 0.5) is 8.78 Å². The van der Waals surface area contributed by atoms with Gasteiger partial charge in [0.05, 0.1) is 12.0 Å². The average molecular weight is 462 g/mol. The minimum Gasteiger partial charge on any atom is -0.449 e. The van der Waals surface area contributed by atoms with E-state index in [0.29, 0.717) is 23.1 Å². The fourth-order valence-corrected chi connectivity index (χ4v) is 4.56. The number of furan rings is 1. The maximum Gasteiger partial charge on any atom is 0.287 e. The molecule has 0 saturated heterocycles. The first-order valence-electron chi connectivity index (χ1n) is 11.5. The molecule has 2 aromatic heterocycles. The molecule has 1 saturated carbocycles. The molecule has 34 heavy (non-hydrogen) atoms. The normalized spacial score (nSPS) is 14.3. The molecule has 0 bridgehead atoms. The molecule has 0 atom stereocenters. The molecule has 174 valence electrons. The number of nitrogens with one attached hydrogen (secondary N) is 1. The van der Waals surface area contributed by atoms with Gasteiger partial charge in [-0.25, -0.2) is 13.8 Å². The number of carbonyl (C=O) groups is 1. The summed E-state index contributed by atoms with van der Waals surface area (Å²) < 4.78 is 35.1. The van der Waals surface area contributed by atoms with Crippen molar-refractivity contribution in [3.05, 3.63) is 89.9 Å². The summed E-state index contributed by atoms with van der Waals surface area (Å²) >= 11 is 0. The highest BCUT2D eigenvalue weighted by Gasteiger charge is 2.25. The molecule has 1 fully saturated rings. The second-order valence-corrected chi connectivity index (χ2v) is 8.62. The highest BCUT2D eigenvalue weighted by Crippen LogP contribution is 2.38. The van der Waals surface area contributed by atoms with Crippen LogP contribution in [-0.2, 0) is 6.54 Å². The molecule has 2 heterocycles. The van der Waals surface area contributed by atoms with Crippen molar-refractivity contribution in [3.63, 3.8) is 0 Å². The Hall–Kier alpha value is -3.74. The van der Waals surface area contributed by atoms with E-state index in [0.717, 1.165) is 36.9 Å². The van der Waals surface area contributed by atoms with Crippen molar-refractivity contribution in [2.45, 2.75) is 44.7 Å². The van der Waals surface area contributed by atoms with Crippen molar-refractivity contribution < 1.29 is 18.0 Å². The number of benzene rings is 2. The lowest BCUT2D eigenvalue weighted by Gasteiger charge is -2.24. The molecule has 1 amide bonds. The van der Waals surface area contributed by atoms with Gasteiger partial charge < -0.3 is 14.3 Å². The molecule has 5 nitrogen and oxygen atoms in total. The lowest BCUT2D eigenvalue weighted by molar-refractivity contribution is 0.0924. The summed E-state index contributed by atoms with van der Waals surface area (Å²) in [7, 11) is 0. The predicted molar refractivity (Wildman–Crippen MR) is 125 cm³/mol. The van der Waals surface area contributed by atoms with Crippen LogP contribution >= 0.6 is 0 Å². The topological polar surface area (TPSA) is 60.1 Å². The van der Waals surface area contributed by atoms with Crippen molar-refractivity contribution in [2.24, 2.45) is 0 Å². The lowest BCUT2D eigenvalue weighted by atomic mass is 9.95. The van der Waals surface area contributed by atoms with E-state index in [9.17, 15) is 13.6 Å². The molecule has 5 rings (SSSR count). The van der Waals surface area contributed by atoms with Crippen LogP contribution in [0.3, 0.4) is 0 Å². The van der Waals surface area contributed by atoms with Gasteiger partial charge in [-0.1, -0.05) is 31.4 Å².